The van der Waals surface area contributed by atoms with E-state index in [2.05, 4.69) is 4.98 Å². The second kappa shape index (κ2) is 4.29. The van der Waals surface area contributed by atoms with E-state index < -0.39 is 11.6 Å². The third-order valence-corrected chi connectivity index (χ3v) is 2.94. The van der Waals surface area contributed by atoms with Crippen LogP contribution in [0.4, 0.5) is 14.7 Å². The zero-order valence-corrected chi connectivity index (χ0v) is 9.52. The SMILES string of the molecule is CSCCn1c(N)nc2ccc(F)c(F)c21. The van der Waals surface area contributed by atoms with Crippen LogP contribution in [0.1, 0.15) is 0 Å². The van der Waals surface area contributed by atoms with Crippen molar-refractivity contribution in [2.45, 2.75) is 6.54 Å². The number of halogens is 2. The van der Waals surface area contributed by atoms with Gasteiger partial charge in [0.05, 0.1) is 5.52 Å². The van der Waals surface area contributed by atoms with Gasteiger partial charge in [0.25, 0.3) is 0 Å². The molecule has 2 rings (SSSR count). The van der Waals surface area contributed by atoms with Crippen LogP contribution < -0.4 is 5.73 Å². The summed E-state index contributed by atoms with van der Waals surface area (Å²) in [6.45, 7) is 0.518. The minimum absolute atomic E-state index is 0.145. The van der Waals surface area contributed by atoms with Crippen LogP contribution in [0.15, 0.2) is 12.1 Å². The van der Waals surface area contributed by atoms with Crippen molar-refractivity contribution in [1.82, 2.24) is 9.55 Å². The summed E-state index contributed by atoms with van der Waals surface area (Å²) >= 11 is 1.61. The third kappa shape index (κ3) is 1.73. The van der Waals surface area contributed by atoms with E-state index in [0.29, 0.717) is 12.1 Å². The number of thioether (sulfide) groups is 1. The highest BCUT2D eigenvalue weighted by molar-refractivity contribution is 7.98. The molecule has 0 aliphatic carbocycles. The average molecular weight is 243 g/mol. The monoisotopic (exact) mass is 243 g/mol. The fourth-order valence-electron chi connectivity index (χ4n) is 1.58. The molecule has 1 aromatic heterocycles. The molecular weight excluding hydrogens is 232 g/mol. The molecule has 0 fully saturated rings. The summed E-state index contributed by atoms with van der Waals surface area (Å²) in [6, 6.07) is 2.49. The van der Waals surface area contributed by atoms with Crippen molar-refractivity contribution < 1.29 is 8.78 Å². The van der Waals surface area contributed by atoms with E-state index in [1.165, 1.54) is 10.6 Å². The van der Waals surface area contributed by atoms with Crippen LogP contribution in [-0.4, -0.2) is 21.6 Å². The van der Waals surface area contributed by atoms with E-state index in [-0.39, 0.29) is 11.5 Å². The first-order valence-corrected chi connectivity index (χ1v) is 6.13. The summed E-state index contributed by atoms with van der Waals surface area (Å²) in [7, 11) is 0. The lowest BCUT2D eigenvalue weighted by atomic mass is 10.3. The molecule has 1 aromatic carbocycles. The second-order valence-corrected chi connectivity index (χ2v) is 4.33. The number of nitrogens with zero attached hydrogens (tertiary/aromatic N) is 2. The number of rotatable bonds is 3. The quantitative estimate of drug-likeness (QED) is 0.899. The molecule has 0 saturated heterocycles. The van der Waals surface area contributed by atoms with Crippen LogP contribution >= 0.6 is 11.8 Å². The Morgan fingerprint density at radius 1 is 1.44 bits per heavy atom. The predicted molar refractivity (Wildman–Crippen MR) is 62.4 cm³/mol. The van der Waals surface area contributed by atoms with Gasteiger partial charge < -0.3 is 10.3 Å². The lowest BCUT2D eigenvalue weighted by Crippen LogP contribution is -2.06. The first-order chi connectivity index (χ1) is 7.65. The van der Waals surface area contributed by atoms with E-state index in [0.717, 1.165) is 11.8 Å². The Morgan fingerprint density at radius 3 is 2.88 bits per heavy atom. The zero-order valence-electron chi connectivity index (χ0n) is 8.70. The van der Waals surface area contributed by atoms with Crippen molar-refractivity contribution in [3.8, 4) is 0 Å². The first kappa shape index (κ1) is 11.2. The number of nitrogen functional groups attached to an aromatic ring is 1. The Labute approximate surface area is 95.6 Å². The van der Waals surface area contributed by atoms with Gasteiger partial charge in [-0.1, -0.05) is 0 Å². The Kier molecular flexibility index (Phi) is 3.00. The summed E-state index contributed by atoms with van der Waals surface area (Å²) < 4.78 is 28.2. The Hall–Kier alpha value is -1.30. The number of aryl methyl sites for hydroxylation is 1. The number of hydrogen-bond acceptors (Lipinski definition) is 3. The molecule has 6 heteroatoms. The normalized spacial score (nSPS) is 11.2. The van der Waals surface area contributed by atoms with E-state index in [1.54, 1.807) is 11.8 Å². The van der Waals surface area contributed by atoms with Gasteiger partial charge in [0.15, 0.2) is 11.6 Å². The molecule has 0 aliphatic rings. The number of hydrogen-bond donors (Lipinski definition) is 1. The fourth-order valence-corrected chi connectivity index (χ4v) is 1.95. The summed E-state index contributed by atoms with van der Waals surface area (Å²) in [5.41, 5.74) is 6.20. The molecule has 0 spiro atoms. The molecular formula is C10H11F2N3S. The third-order valence-electron chi connectivity index (χ3n) is 2.35. The second-order valence-electron chi connectivity index (χ2n) is 3.34. The Morgan fingerprint density at radius 2 is 2.19 bits per heavy atom. The number of nitrogens with two attached hydrogens (primary N) is 1. The maximum absolute atomic E-state index is 13.6. The molecule has 0 saturated carbocycles. The minimum Gasteiger partial charge on any atom is -0.369 e. The topological polar surface area (TPSA) is 43.8 Å². The molecule has 0 aliphatic heterocycles. The summed E-state index contributed by atoms with van der Waals surface area (Å²) in [6.07, 6.45) is 1.94. The molecule has 0 radical (unpaired) electrons. The minimum atomic E-state index is -0.886. The maximum atomic E-state index is 13.6. The molecule has 2 N–H and O–H groups in total. The molecule has 2 aromatic rings. The summed E-state index contributed by atoms with van der Waals surface area (Å²) in [4.78, 5) is 3.99. The summed E-state index contributed by atoms with van der Waals surface area (Å²) in [5.74, 6) is -0.778. The molecule has 86 valence electrons. The number of imidazole rings is 1. The standard InChI is InChI=1S/C10H11F2N3S/c1-16-5-4-15-9-7(14-10(15)13)3-2-6(11)8(9)12/h2-3H,4-5H2,1H3,(H2,13,14). The van der Waals surface area contributed by atoms with Crippen molar-refractivity contribution in [2.75, 3.05) is 17.7 Å². The van der Waals surface area contributed by atoms with Crippen molar-refractivity contribution >= 4 is 28.7 Å². The molecule has 3 nitrogen and oxygen atoms in total. The molecule has 0 bridgehead atoms. The highest BCUT2D eigenvalue weighted by atomic mass is 32.2. The largest absolute Gasteiger partial charge is 0.369 e. The predicted octanol–water partition coefficient (Wildman–Crippen LogP) is 2.26. The van der Waals surface area contributed by atoms with Crippen molar-refractivity contribution in [2.24, 2.45) is 0 Å². The van der Waals surface area contributed by atoms with Gasteiger partial charge in [-0.25, -0.2) is 13.8 Å². The van der Waals surface area contributed by atoms with Crippen LogP contribution in [0.3, 0.4) is 0 Å². The van der Waals surface area contributed by atoms with Crippen LogP contribution in [-0.2, 0) is 6.54 Å². The smallest absolute Gasteiger partial charge is 0.201 e. The number of aromatic nitrogens is 2. The number of anilines is 1. The average Bonchev–Trinajstić information content (AvgIpc) is 2.58. The Balaban J connectivity index is 2.61. The van der Waals surface area contributed by atoms with Crippen molar-refractivity contribution in [3.63, 3.8) is 0 Å². The molecule has 0 atom stereocenters. The van der Waals surface area contributed by atoms with Gasteiger partial charge in [0.1, 0.15) is 5.52 Å². The Bertz CT molecular complexity index is 524. The van der Waals surface area contributed by atoms with E-state index in [4.69, 9.17) is 5.73 Å². The van der Waals surface area contributed by atoms with Gasteiger partial charge in [-0.15, -0.1) is 0 Å². The number of fused-ring (bicyclic) bond motifs is 1. The van der Waals surface area contributed by atoms with Gasteiger partial charge in [-0.3, -0.25) is 0 Å². The van der Waals surface area contributed by atoms with Crippen LogP contribution in [0.5, 0.6) is 0 Å². The lowest BCUT2D eigenvalue weighted by Gasteiger charge is -2.05. The van der Waals surface area contributed by atoms with Gasteiger partial charge >= 0.3 is 0 Å². The van der Waals surface area contributed by atoms with Gasteiger partial charge in [-0.05, 0) is 18.4 Å². The van der Waals surface area contributed by atoms with Crippen LogP contribution in [0.25, 0.3) is 11.0 Å². The van der Waals surface area contributed by atoms with E-state index in [1.807, 2.05) is 6.26 Å². The maximum Gasteiger partial charge on any atom is 0.201 e. The van der Waals surface area contributed by atoms with E-state index in [9.17, 15) is 8.78 Å². The van der Waals surface area contributed by atoms with Gasteiger partial charge in [0.2, 0.25) is 5.95 Å². The molecule has 1 heterocycles. The number of benzene rings is 1. The van der Waals surface area contributed by atoms with Gasteiger partial charge in [0, 0.05) is 12.3 Å². The van der Waals surface area contributed by atoms with Gasteiger partial charge in [-0.2, -0.15) is 11.8 Å². The lowest BCUT2D eigenvalue weighted by molar-refractivity contribution is 0.512. The summed E-state index contributed by atoms with van der Waals surface area (Å²) in [5, 5.41) is 0. The molecule has 16 heavy (non-hydrogen) atoms. The van der Waals surface area contributed by atoms with Crippen LogP contribution in [0, 0.1) is 11.6 Å². The highest BCUT2D eigenvalue weighted by Gasteiger charge is 2.15. The van der Waals surface area contributed by atoms with Crippen molar-refractivity contribution in [3.05, 3.63) is 23.8 Å². The zero-order chi connectivity index (χ0) is 11.7. The van der Waals surface area contributed by atoms with Crippen LogP contribution in [0.2, 0.25) is 0 Å². The molecule has 0 unspecified atom stereocenters. The first-order valence-electron chi connectivity index (χ1n) is 4.73. The van der Waals surface area contributed by atoms with E-state index >= 15 is 0 Å². The molecule has 0 amide bonds. The highest BCUT2D eigenvalue weighted by Crippen LogP contribution is 2.23. The fraction of sp³-hybridized carbons (Fsp3) is 0.300. The van der Waals surface area contributed by atoms with Crippen molar-refractivity contribution in [1.29, 1.82) is 0 Å².